The third-order valence-electron chi connectivity index (χ3n) is 2.12. The molecule has 0 aromatic carbocycles. The Labute approximate surface area is 129 Å². The summed E-state index contributed by atoms with van der Waals surface area (Å²) < 4.78 is 6.17. The number of hydrogen-bond acceptors (Lipinski definition) is 5. The Morgan fingerprint density at radius 1 is 1.25 bits per heavy atom. The Bertz CT molecular complexity index is 605. The van der Waals surface area contributed by atoms with Crippen LogP contribution in [0.1, 0.15) is 20.8 Å². The van der Waals surface area contributed by atoms with Gasteiger partial charge < -0.3 is 4.74 Å². The van der Waals surface area contributed by atoms with Crippen molar-refractivity contribution in [3.05, 3.63) is 28.1 Å². The van der Waals surface area contributed by atoms with Crippen molar-refractivity contribution < 1.29 is 9.53 Å². The number of nitrogens with one attached hydrogen (secondary N) is 1. The summed E-state index contributed by atoms with van der Waals surface area (Å²) in [6.45, 7) is 5.40. The van der Waals surface area contributed by atoms with E-state index in [1.54, 1.807) is 44.2 Å². The maximum atomic E-state index is 11.6. The summed E-state index contributed by atoms with van der Waals surface area (Å²) in [6, 6.07) is 7.41. The molecule has 0 bridgehead atoms. The third kappa shape index (κ3) is 4.28. The molecular weight excluding hydrogens is 342 g/mol. The monoisotopic (exact) mass is 355 g/mol. The highest BCUT2D eigenvalue weighted by molar-refractivity contribution is 9.11. The first-order valence-electron chi connectivity index (χ1n) is 5.93. The van der Waals surface area contributed by atoms with Gasteiger partial charge in [0.2, 0.25) is 0 Å². The minimum atomic E-state index is -0.543. The molecule has 0 fully saturated rings. The van der Waals surface area contributed by atoms with Crippen LogP contribution in [0.4, 0.5) is 10.6 Å². The first-order chi connectivity index (χ1) is 9.33. The largest absolute Gasteiger partial charge is 0.444 e. The van der Waals surface area contributed by atoms with Gasteiger partial charge in [-0.05, 0) is 61.0 Å². The molecule has 2 aromatic rings. The van der Waals surface area contributed by atoms with Crippen LogP contribution in [0.3, 0.4) is 0 Å². The molecule has 0 saturated heterocycles. The maximum absolute atomic E-state index is 11.6. The van der Waals surface area contributed by atoms with Gasteiger partial charge in [0.25, 0.3) is 0 Å². The number of hydrogen-bond donors (Lipinski definition) is 1. The highest BCUT2D eigenvalue weighted by Crippen LogP contribution is 2.29. The van der Waals surface area contributed by atoms with Crippen LogP contribution in [0, 0.1) is 0 Å². The normalized spacial score (nSPS) is 11.2. The van der Waals surface area contributed by atoms with Crippen LogP contribution in [0.15, 0.2) is 28.1 Å². The van der Waals surface area contributed by atoms with Crippen LogP contribution >= 0.6 is 27.3 Å². The number of amides is 1. The van der Waals surface area contributed by atoms with Crippen molar-refractivity contribution in [2.75, 3.05) is 5.32 Å². The molecule has 0 aliphatic rings. The summed E-state index contributed by atoms with van der Waals surface area (Å²) in [5.74, 6) is 0.360. The van der Waals surface area contributed by atoms with Crippen LogP contribution in [0.5, 0.6) is 0 Å². The lowest BCUT2D eigenvalue weighted by Crippen LogP contribution is -2.27. The van der Waals surface area contributed by atoms with Crippen molar-refractivity contribution in [1.29, 1.82) is 0 Å². The topological polar surface area (TPSA) is 64.1 Å². The van der Waals surface area contributed by atoms with E-state index in [4.69, 9.17) is 4.74 Å². The predicted octanol–water partition coefficient (Wildman–Crippen LogP) is 4.31. The molecule has 1 N–H and O–H groups in total. The highest BCUT2D eigenvalue weighted by atomic mass is 79.9. The number of carbonyl (C=O) groups excluding carboxylic acids is 1. The Balaban J connectivity index is 2.03. The fraction of sp³-hybridized carbons (Fsp3) is 0.308. The van der Waals surface area contributed by atoms with E-state index >= 15 is 0 Å². The fourth-order valence-corrected chi connectivity index (χ4v) is 2.74. The van der Waals surface area contributed by atoms with Crippen LogP contribution in [0.2, 0.25) is 0 Å². The lowest BCUT2D eigenvalue weighted by Gasteiger charge is -2.19. The molecule has 0 atom stereocenters. The second kappa shape index (κ2) is 5.88. The van der Waals surface area contributed by atoms with E-state index in [0.29, 0.717) is 5.82 Å². The van der Waals surface area contributed by atoms with Gasteiger partial charge in [0.15, 0.2) is 5.82 Å². The molecule has 2 rings (SSSR count). The van der Waals surface area contributed by atoms with Crippen molar-refractivity contribution >= 4 is 39.2 Å². The first kappa shape index (κ1) is 14.9. The average Bonchev–Trinajstić information content (AvgIpc) is 2.74. The third-order valence-corrected chi connectivity index (χ3v) is 3.77. The number of ether oxygens (including phenoxy) is 1. The Morgan fingerprint density at radius 2 is 2.00 bits per heavy atom. The molecule has 7 heteroatoms. The summed E-state index contributed by atoms with van der Waals surface area (Å²) in [4.78, 5) is 12.6. The van der Waals surface area contributed by atoms with Crippen LogP contribution < -0.4 is 5.32 Å². The molecule has 2 aromatic heterocycles. The van der Waals surface area contributed by atoms with Gasteiger partial charge in [-0.2, -0.15) is 0 Å². The number of rotatable bonds is 2. The quantitative estimate of drug-likeness (QED) is 0.871. The Hall–Kier alpha value is -1.47. The maximum Gasteiger partial charge on any atom is 0.413 e. The molecule has 1 amide bonds. The summed E-state index contributed by atoms with van der Waals surface area (Å²) in [6.07, 6.45) is -0.543. The minimum absolute atomic E-state index is 0.360. The zero-order valence-corrected chi connectivity index (χ0v) is 13.7. The molecule has 106 valence electrons. The molecule has 0 unspecified atom stereocenters. The lowest BCUT2D eigenvalue weighted by atomic mass is 10.2. The molecule has 0 aliphatic carbocycles. The second-order valence-corrected chi connectivity index (χ2v) is 7.50. The summed E-state index contributed by atoms with van der Waals surface area (Å²) in [5, 5.41) is 10.6. The summed E-state index contributed by atoms with van der Waals surface area (Å²) in [7, 11) is 0. The van der Waals surface area contributed by atoms with Crippen molar-refractivity contribution in [2.24, 2.45) is 0 Å². The molecule has 0 spiro atoms. The van der Waals surface area contributed by atoms with Gasteiger partial charge >= 0.3 is 6.09 Å². The molecule has 0 saturated carbocycles. The summed E-state index contributed by atoms with van der Waals surface area (Å²) >= 11 is 4.97. The zero-order chi connectivity index (χ0) is 14.8. The van der Waals surface area contributed by atoms with Gasteiger partial charge in [-0.25, -0.2) is 4.79 Å². The van der Waals surface area contributed by atoms with Crippen LogP contribution in [-0.2, 0) is 4.74 Å². The number of anilines is 1. The van der Waals surface area contributed by atoms with E-state index in [0.717, 1.165) is 14.4 Å². The van der Waals surface area contributed by atoms with Gasteiger partial charge in [0.05, 0.1) is 8.66 Å². The van der Waals surface area contributed by atoms with Crippen molar-refractivity contribution in [3.63, 3.8) is 0 Å². The zero-order valence-electron chi connectivity index (χ0n) is 11.3. The van der Waals surface area contributed by atoms with Crippen molar-refractivity contribution in [2.45, 2.75) is 26.4 Å². The summed E-state index contributed by atoms with van der Waals surface area (Å²) in [5.41, 5.74) is 0.219. The first-order valence-corrected chi connectivity index (χ1v) is 7.54. The Kier molecular flexibility index (Phi) is 4.39. The molecule has 5 nitrogen and oxygen atoms in total. The van der Waals surface area contributed by atoms with Crippen LogP contribution in [0.25, 0.3) is 10.6 Å². The van der Waals surface area contributed by atoms with Gasteiger partial charge in [0.1, 0.15) is 11.3 Å². The molecule has 0 aliphatic heterocycles. The Morgan fingerprint density at radius 3 is 2.50 bits per heavy atom. The van der Waals surface area contributed by atoms with E-state index in [2.05, 4.69) is 31.4 Å². The second-order valence-electron chi connectivity index (χ2n) is 5.03. The molecule has 2 heterocycles. The number of aromatic nitrogens is 2. The van der Waals surface area contributed by atoms with Crippen molar-refractivity contribution in [3.8, 4) is 10.6 Å². The van der Waals surface area contributed by atoms with Gasteiger partial charge in [-0.15, -0.1) is 21.5 Å². The van der Waals surface area contributed by atoms with Crippen molar-refractivity contribution in [1.82, 2.24) is 10.2 Å². The van der Waals surface area contributed by atoms with E-state index in [9.17, 15) is 4.79 Å². The number of carbonyl (C=O) groups is 1. The minimum Gasteiger partial charge on any atom is -0.444 e. The SMILES string of the molecule is CC(C)(C)OC(=O)Nc1ccc(-c2ccc(Br)s2)nn1. The van der Waals surface area contributed by atoms with E-state index < -0.39 is 11.7 Å². The van der Waals surface area contributed by atoms with Gasteiger partial charge in [-0.1, -0.05) is 0 Å². The number of nitrogens with zero attached hydrogens (tertiary/aromatic N) is 2. The van der Waals surface area contributed by atoms with E-state index in [1.165, 1.54) is 0 Å². The van der Waals surface area contributed by atoms with E-state index in [-0.39, 0.29) is 0 Å². The van der Waals surface area contributed by atoms with Gasteiger partial charge in [0, 0.05) is 0 Å². The lowest BCUT2D eigenvalue weighted by molar-refractivity contribution is 0.0635. The van der Waals surface area contributed by atoms with Crippen LogP contribution in [-0.4, -0.2) is 21.9 Å². The smallest absolute Gasteiger partial charge is 0.413 e. The fourth-order valence-electron chi connectivity index (χ4n) is 1.39. The number of thiophene rings is 1. The van der Waals surface area contributed by atoms with E-state index in [1.807, 2.05) is 12.1 Å². The molecule has 0 radical (unpaired) electrons. The molecule has 20 heavy (non-hydrogen) atoms. The predicted molar refractivity (Wildman–Crippen MR) is 82.9 cm³/mol. The number of halogens is 1. The standard InChI is InChI=1S/C13H14BrN3O2S/c1-13(2,3)19-12(18)15-11-7-4-8(16-17-11)9-5-6-10(14)20-9/h4-7H,1-3H3,(H,15,17,18). The van der Waals surface area contributed by atoms with Gasteiger partial charge in [-0.3, -0.25) is 5.32 Å². The highest BCUT2D eigenvalue weighted by Gasteiger charge is 2.16. The molecular formula is C13H14BrN3O2S. The average molecular weight is 356 g/mol.